The number of morpholine rings is 1. The Balaban J connectivity index is 1.54. The average molecular weight is 383 g/mol. The maximum Gasteiger partial charge on any atom is 0.274 e. The molecular formula is C19H21N5O4. The van der Waals surface area contributed by atoms with Crippen molar-refractivity contribution in [3.63, 3.8) is 0 Å². The number of amides is 2. The van der Waals surface area contributed by atoms with Crippen molar-refractivity contribution in [1.82, 2.24) is 24.8 Å². The maximum atomic E-state index is 13.1. The summed E-state index contributed by atoms with van der Waals surface area (Å²) >= 11 is 0. The largest absolute Gasteiger partial charge is 0.487 e. The van der Waals surface area contributed by atoms with E-state index in [4.69, 9.17) is 9.47 Å². The summed E-state index contributed by atoms with van der Waals surface area (Å²) in [7, 11) is 0. The Hall–Kier alpha value is -3.07. The van der Waals surface area contributed by atoms with Crippen LogP contribution >= 0.6 is 0 Å². The van der Waals surface area contributed by atoms with Gasteiger partial charge in [-0.15, -0.1) is 0 Å². The number of hydrogen-bond acceptors (Lipinski definition) is 7. The molecule has 0 bridgehead atoms. The van der Waals surface area contributed by atoms with Crippen molar-refractivity contribution in [2.45, 2.75) is 18.6 Å². The predicted molar refractivity (Wildman–Crippen MR) is 97.5 cm³/mol. The van der Waals surface area contributed by atoms with Crippen molar-refractivity contribution in [1.29, 1.82) is 0 Å². The third kappa shape index (κ3) is 3.94. The van der Waals surface area contributed by atoms with E-state index in [0.29, 0.717) is 45.0 Å². The Labute approximate surface area is 162 Å². The Morgan fingerprint density at radius 3 is 2.64 bits per heavy atom. The summed E-state index contributed by atoms with van der Waals surface area (Å²) in [4.78, 5) is 41.5. The number of carbonyl (C=O) groups excluding carboxylic acids is 2. The molecule has 2 aliphatic rings. The quantitative estimate of drug-likeness (QED) is 0.753. The molecule has 0 radical (unpaired) electrons. The van der Waals surface area contributed by atoms with Gasteiger partial charge in [0.25, 0.3) is 5.91 Å². The van der Waals surface area contributed by atoms with Crippen molar-refractivity contribution in [2.24, 2.45) is 0 Å². The molecule has 2 aromatic heterocycles. The zero-order valence-electron chi connectivity index (χ0n) is 15.3. The predicted octanol–water partition coefficient (Wildman–Crippen LogP) is 0.393. The first-order chi connectivity index (χ1) is 13.7. The fourth-order valence-corrected chi connectivity index (χ4v) is 3.50. The summed E-state index contributed by atoms with van der Waals surface area (Å²) < 4.78 is 11.3. The second-order valence-corrected chi connectivity index (χ2v) is 6.67. The van der Waals surface area contributed by atoms with Gasteiger partial charge in [-0.3, -0.25) is 19.6 Å². The third-order valence-corrected chi connectivity index (χ3v) is 4.85. The van der Waals surface area contributed by atoms with Crippen molar-refractivity contribution >= 4 is 11.8 Å². The molecule has 0 N–H and O–H groups in total. The highest BCUT2D eigenvalue weighted by molar-refractivity contribution is 5.96. The fraction of sp³-hybridized carbons (Fsp3) is 0.421. The minimum absolute atomic E-state index is 0.0853. The number of carbonyl (C=O) groups is 2. The highest BCUT2D eigenvalue weighted by Crippen LogP contribution is 2.26. The smallest absolute Gasteiger partial charge is 0.274 e. The van der Waals surface area contributed by atoms with Crippen molar-refractivity contribution < 1.29 is 19.1 Å². The molecule has 0 saturated carbocycles. The van der Waals surface area contributed by atoms with E-state index < -0.39 is 6.04 Å². The normalized spacial score (nSPS) is 22.1. The summed E-state index contributed by atoms with van der Waals surface area (Å²) in [6.45, 7) is 2.36. The molecular weight excluding hydrogens is 362 g/mol. The van der Waals surface area contributed by atoms with Crippen LogP contribution in [-0.4, -0.2) is 81.6 Å². The van der Waals surface area contributed by atoms with Gasteiger partial charge in [-0.2, -0.15) is 0 Å². The number of ether oxygens (including phenoxy) is 2. The number of rotatable bonds is 4. The standard InChI is InChI=1S/C19H21N5O4/c25-18(16-12-21-4-5-22-16)24-13-15(28-14-2-1-3-20-11-14)10-17(24)19(26)23-6-8-27-9-7-23/h1-5,11-12,15,17H,6-10,13H2/t15-,17-/m0/s1. The topological polar surface area (TPSA) is 97.8 Å². The average Bonchev–Trinajstić information content (AvgIpc) is 3.18. The van der Waals surface area contributed by atoms with Crippen LogP contribution in [0.2, 0.25) is 0 Å². The highest BCUT2D eigenvalue weighted by Gasteiger charge is 2.43. The molecule has 0 aromatic carbocycles. The summed E-state index contributed by atoms with van der Waals surface area (Å²) in [5.74, 6) is 0.202. The second-order valence-electron chi connectivity index (χ2n) is 6.67. The number of aromatic nitrogens is 3. The Morgan fingerprint density at radius 1 is 1.11 bits per heavy atom. The third-order valence-electron chi connectivity index (χ3n) is 4.85. The van der Waals surface area contributed by atoms with Gasteiger partial charge in [0.15, 0.2) is 0 Å². The van der Waals surface area contributed by atoms with E-state index >= 15 is 0 Å². The van der Waals surface area contributed by atoms with Crippen LogP contribution in [0, 0.1) is 0 Å². The van der Waals surface area contributed by atoms with Gasteiger partial charge < -0.3 is 19.3 Å². The summed E-state index contributed by atoms with van der Waals surface area (Å²) in [5.41, 5.74) is 0.212. The molecule has 4 rings (SSSR count). The van der Waals surface area contributed by atoms with Crippen LogP contribution < -0.4 is 4.74 Å². The van der Waals surface area contributed by atoms with E-state index in [0.717, 1.165) is 0 Å². The molecule has 2 saturated heterocycles. The van der Waals surface area contributed by atoms with Gasteiger partial charge >= 0.3 is 0 Å². The van der Waals surface area contributed by atoms with Crippen molar-refractivity contribution in [2.75, 3.05) is 32.8 Å². The molecule has 2 fully saturated rings. The van der Waals surface area contributed by atoms with Crippen LogP contribution in [0.25, 0.3) is 0 Å². The van der Waals surface area contributed by atoms with Crippen LogP contribution in [-0.2, 0) is 9.53 Å². The fourth-order valence-electron chi connectivity index (χ4n) is 3.50. The molecule has 2 aromatic rings. The van der Waals surface area contributed by atoms with Crippen LogP contribution in [0.3, 0.4) is 0 Å². The van der Waals surface area contributed by atoms with Gasteiger partial charge in [-0.25, -0.2) is 4.98 Å². The molecule has 4 heterocycles. The number of likely N-dealkylation sites (tertiary alicyclic amines) is 1. The minimum atomic E-state index is -0.603. The van der Waals surface area contributed by atoms with E-state index in [1.54, 1.807) is 34.3 Å². The van der Waals surface area contributed by atoms with Gasteiger partial charge in [0, 0.05) is 38.1 Å². The zero-order valence-corrected chi connectivity index (χ0v) is 15.3. The van der Waals surface area contributed by atoms with Gasteiger partial charge in [0.05, 0.1) is 32.2 Å². The summed E-state index contributed by atoms with van der Waals surface area (Å²) in [5, 5.41) is 0. The van der Waals surface area contributed by atoms with Crippen LogP contribution in [0.15, 0.2) is 43.1 Å². The van der Waals surface area contributed by atoms with Crippen LogP contribution in [0.5, 0.6) is 5.75 Å². The van der Waals surface area contributed by atoms with Crippen molar-refractivity contribution in [3.8, 4) is 5.75 Å². The Morgan fingerprint density at radius 2 is 1.93 bits per heavy atom. The number of nitrogens with zero attached hydrogens (tertiary/aromatic N) is 5. The van der Waals surface area contributed by atoms with Gasteiger partial charge in [0.2, 0.25) is 5.91 Å². The lowest BCUT2D eigenvalue weighted by atomic mass is 10.1. The van der Waals surface area contributed by atoms with Gasteiger partial charge in [-0.1, -0.05) is 0 Å². The lowest BCUT2D eigenvalue weighted by Crippen LogP contribution is -2.51. The number of hydrogen-bond donors (Lipinski definition) is 0. The van der Waals surface area contributed by atoms with Crippen LogP contribution in [0.4, 0.5) is 0 Å². The Bertz CT molecular complexity index is 814. The summed E-state index contributed by atoms with van der Waals surface area (Å²) in [6, 6.07) is 2.98. The van der Waals surface area contributed by atoms with E-state index in [1.165, 1.54) is 18.6 Å². The molecule has 9 nitrogen and oxygen atoms in total. The molecule has 28 heavy (non-hydrogen) atoms. The van der Waals surface area contributed by atoms with E-state index in [-0.39, 0.29) is 23.6 Å². The number of pyridine rings is 1. The molecule has 2 aliphatic heterocycles. The second kappa shape index (κ2) is 8.30. The van der Waals surface area contributed by atoms with E-state index in [2.05, 4.69) is 15.0 Å². The van der Waals surface area contributed by atoms with Gasteiger partial charge in [-0.05, 0) is 12.1 Å². The lowest BCUT2D eigenvalue weighted by Gasteiger charge is -2.32. The lowest BCUT2D eigenvalue weighted by molar-refractivity contribution is -0.139. The zero-order chi connectivity index (χ0) is 19.3. The first-order valence-corrected chi connectivity index (χ1v) is 9.22. The SMILES string of the molecule is O=C([C@@H]1C[C@H](Oc2cccnc2)CN1C(=O)c1cnccn1)N1CCOCC1. The molecule has 0 aliphatic carbocycles. The maximum absolute atomic E-state index is 13.1. The molecule has 2 atom stereocenters. The highest BCUT2D eigenvalue weighted by atomic mass is 16.5. The first kappa shape index (κ1) is 18.3. The summed E-state index contributed by atoms with van der Waals surface area (Å²) in [6.07, 6.45) is 7.77. The van der Waals surface area contributed by atoms with E-state index in [1.807, 2.05) is 0 Å². The van der Waals surface area contributed by atoms with Crippen molar-refractivity contribution in [3.05, 3.63) is 48.8 Å². The minimum Gasteiger partial charge on any atom is -0.487 e. The molecule has 0 unspecified atom stereocenters. The Kier molecular flexibility index (Phi) is 5.43. The molecule has 9 heteroatoms. The monoisotopic (exact) mass is 383 g/mol. The molecule has 2 amide bonds. The van der Waals surface area contributed by atoms with E-state index in [9.17, 15) is 9.59 Å². The first-order valence-electron chi connectivity index (χ1n) is 9.22. The van der Waals surface area contributed by atoms with Gasteiger partial charge in [0.1, 0.15) is 23.6 Å². The molecule has 0 spiro atoms. The van der Waals surface area contributed by atoms with Crippen LogP contribution in [0.1, 0.15) is 16.9 Å². The molecule has 146 valence electrons.